The van der Waals surface area contributed by atoms with Gasteiger partial charge in [-0.1, -0.05) is 30.0 Å². The molecule has 3 aromatic carbocycles. The Morgan fingerprint density at radius 1 is 1.05 bits per heavy atom. The first-order valence-corrected chi connectivity index (χ1v) is 12.5. The predicted molar refractivity (Wildman–Crippen MR) is 148 cm³/mol. The zero-order chi connectivity index (χ0) is 26.3. The van der Waals surface area contributed by atoms with E-state index in [-0.39, 0.29) is 11.9 Å². The summed E-state index contributed by atoms with van der Waals surface area (Å²) < 4.78 is 11.6. The van der Waals surface area contributed by atoms with Crippen LogP contribution in [0.4, 0.5) is 16.3 Å². The second kappa shape index (κ2) is 11.5. The number of carbonyl (C=O) groups excluding carboxylic acids is 1. The third-order valence-electron chi connectivity index (χ3n) is 6.38. The van der Waals surface area contributed by atoms with E-state index in [0.29, 0.717) is 23.9 Å². The number of nitrogens with one attached hydrogen (secondary N) is 2. The van der Waals surface area contributed by atoms with Gasteiger partial charge >= 0.3 is 6.03 Å². The average Bonchev–Trinajstić information content (AvgIpc) is 2.97. The molecule has 8 heteroatoms. The minimum Gasteiger partial charge on any atom is -0.493 e. The van der Waals surface area contributed by atoms with E-state index in [0.717, 1.165) is 47.3 Å². The lowest BCUT2D eigenvalue weighted by Gasteiger charge is -2.29. The van der Waals surface area contributed by atoms with E-state index in [1.807, 2.05) is 71.6 Å². The fourth-order valence-electron chi connectivity index (χ4n) is 4.44. The number of nitrogens with zero attached hydrogens (tertiary/aromatic N) is 3. The van der Waals surface area contributed by atoms with Gasteiger partial charge in [0.1, 0.15) is 17.9 Å². The van der Waals surface area contributed by atoms with Gasteiger partial charge in [0, 0.05) is 48.8 Å². The number of amides is 2. The van der Waals surface area contributed by atoms with Gasteiger partial charge in [0.2, 0.25) is 0 Å². The number of aromatic nitrogens is 2. The number of para-hydroxylation sites is 1. The first kappa shape index (κ1) is 24.9. The van der Waals surface area contributed by atoms with Crippen molar-refractivity contribution in [3.63, 3.8) is 0 Å². The highest BCUT2D eigenvalue weighted by molar-refractivity contribution is 5.91. The lowest BCUT2D eigenvalue weighted by molar-refractivity contribution is 0.179. The van der Waals surface area contributed by atoms with Crippen LogP contribution in [-0.2, 0) is 0 Å². The summed E-state index contributed by atoms with van der Waals surface area (Å²) in [6.45, 7) is 1.41. The van der Waals surface area contributed by atoms with Crippen LogP contribution in [0.25, 0.3) is 10.9 Å². The van der Waals surface area contributed by atoms with Crippen LogP contribution in [0.15, 0.2) is 73.1 Å². The third-order valence-corrected chi connectivity index (χ3v) is 6.38. The van der Waals surface area contributed by atoms with Crippen molar-refractivity contribution in [2.24, 2.45) is 5.92 Å². The minimum absolute atomic E-state index is 0.0497. The van der Waals surface area contributed by atoms with Crippen LogP contribution in [0, 0.1) is 17.8 Å². The minimum atomic E-state index is -0.0497. The molecule has 0 spiro atoms. The number of likely N-dealkylation sites (tertiary alicyclic amines) is 1. The average molecular weight is 508 g/mol. The fourth-order valence-corrected chi connectivity index (χ4v) is 4.44. The Morgan fingerprint density at radius 3 is 2.74 bits per heavy atom. The summed E-state index contributed by atoms with van der Waals surface area (Å²) in [6.07, 6.45) is 3.47. The van der Waals surface area contributed by atoms with Crippen molar-refractivity contribution in [2.75, 3.05) is 32.6 Å². The number of urea groups is 1. The molecule has 192 valence electrons. The van der Waals surface area contributed by atoms with Gasteiger partial charge in [0.05, 0.1) is 12.6 Å². The Morgan fingerprint density at radius 2 is 1.92 bits per heavy atom. The number of piperidine rings is 1. The summed E-state index contributed by atoms with van der Waals surface area (Å²) in [5.74, 6) is 9.42. The maximum absolute atomic E-state index is 12.0. The molecule has 8 nitrogen and oxygen atoms in total. The van der Waals surface area contributed by atoms with Crippen LogP contribution in [0.1, 0.15) is 18.4 Å². The second-order valence-electron chi connectivity index (χ2n) is 8.97. The molecule has 1 saturated heterocycles. The molecule has 0 radical (unpaired) electrons. The molecular formula is C30H29N5O3. The normalized spacial score (nSPS) is 14.8. The van der Waals surface area contributed by atoms with Crippen LogP contribution in [0.3, 0.4) is 0 Å². The zero-order valence-electron chi connectivity index (χ0n) is 21.4. The number of benzene rings is 3. The number of anilines is 2. The molecule has 0 aliphatic carbocycles. The van der Waals surface area contributed by atoms with Crippen LogP contribution in [0.2, 0.25) is 0 Å². The summed E-state index contributed by atoms with van der Waals surface area (Å²) in [5.41, 5.74) is 2.49. The first-order chi connectivity index (χ1) is 18.6. The van der Waals surface area contributed by atoms with Gasteiger partial charge < -0.3 is 25.0 Å². The highest BCUT2D eigenvalue weighted by atomic mass is 16.5. The molecule has 1 atom stereocenters. The van der Waals surface area contributed by atoms with E-state index in [2.05, 4.69) is 32.4 Å². The van der Waals surface area contributed by atoms with E-state index in [4.69, 9.17) is 9.47 Å². The number of hydrogen-bond acceptors (Lipinski definition) is 6. The van der Waals surface area contributed by atoms with E-state index in [9.17, 15) is 4.79 Å². The van der Waals surface area contributed by atoms with Crippen LogP contribution >= 0.6 is 0 Å². The van der Waals surface area contributed by atoms with Gasteiger partial charge in [-0.05, 0) is 55.3 Å². The molecule has 1 aromatic heterocycles. The highest BCUT2D eigenvalue weighted by Gasteiger charge is 2.21. The molecule has 1 fully saturated rings. The number of rotatable bonds is 5. The van der Waals surface area contributed by atoms with Gasteiger partial charge in [0.25, 0.3) is 0 Å². The fraction of sp³-hybridized carbons (Fsp3) is 0.233. The lowest BCUT2D eigenvalue weighted by Crippen LogP contribution is -2.44. The first-order valence-electron chi connectivity index (χ1n) is 12.5. The Kier molecular flexibility index (Phi) is 7.55. The largest absolute Gasteiger partial charge is 0.493 e. The van der Waals surface area contributed by atoms with Crippen molar-refractivity contribution in [1.29, 1.82) is 0 Å². The van der Waals surface area contributed by atoms with E-state index in [1.165, 1.54) is 6.33 Å². The monoisotopic (exact) mass is 507 g/mol. The quantitative estimate of drug-likeness (QED) is 0.343. The van der Waals surface area contributed by atoms with Crippen molar-refractivity contribution >= 4 is 28.4 Å². The van der Waals surface area contributed by atoms with Gasteiger partial charge in [0.15, 0.2) is 11.5 Å². The Labute approximate surface area is 222 Å². The number of hydrogen-bond donors (Lipinski definition) is 2. The molecule has 4 aromatic rings. The van der Waals surface area contributed by atoms with Crippen LogP contribution in [-0.4, -0.2) is 48.1 Å². The third kappa shape index (κ3) is 5.79. The lowest BCUT2D eigenvalue weighted by atomic mass is 9.98. The van der Waals surface area contributed by atoms with Crippen LogP contribution in [0.5, 0.6) is 17.2 Å². The van der Waals surface area contributed by atoms with Gasteiger partial charge in [-0.3, -0.25) is 0 Å². The van der Waals surface area contributed by atoms with Crippen molar-refractivity contribution in [1.82, 2.24) is 20.2 Å². The maximum atomic E-state index is 12.0. The predicted octanol–water partition coefficient (Wildman–Crippen LogP) is 5.58. The second-order valence-corrected chi connectivity index (χ2v) is 8.97. The van der Waals surface area contributed by atoms with Crippen molar-refractivity contribution in [3.8, 4) is 29.1 Å². The Bertz CT molecular complexity index is 1500. The Hall–Kier alpha value is -4.77. The molecule has 5 rings (SSSR count). The molecule has 2 N–H and O–H groups in total. The summed E-state index contributed by atoms with van der Waals surface area (Å²) >= 11 is 0. The van der Waals surface area contributed by atoms with Crippen molar-refractivity contribution in [2.45, 2.75) is 12.8 Å². The highest BCUT2D eigenvalue weighted by Crippen LogP contribution is 2.35. The summed E-state index contributed by atoms with van der Waals surface area (Å²) in [7, 11) is 3.27. The number of ether oxygens (including phenoxy) is 2. The maximum Gasteiger partial charge on any atom is 0.317 e. The molecule has 0 saturated carbocycles. The zero-order valence-corrected chi connectivity index (χ0v) is 21.4. The standard InChI is InChI=1S/C30H29N5O3/c1-31-30(36)35-16-6-7-22(19-35)11-10-21-12-14-26-25(17-21)29(33-20-32-26)34-23-13-15-27(28(18-23)37-2)38-24-8-4-3-5-9-24/h3-5,8-9,12-15,17-18,20,22H,6-7,16,19H2,1-2H3,(H,31,36)(H,32,33,34)/t22-/m0/s1. The Balaban J connectivity index is 1.36. The molecule has 0 unspecified atom stereocenters. The molecule has 1 aliphatic heterocycles. The molecule has 2 heterocycles. The van der Waals surface area contributed by atoms with Gasteiger partial charge in [-0.15, -0.1) is 0 Å². The smallest absolute Gasteiger partial charge is 0.317 e. The van der Waals surface area contributed by atoms with E-state index >= 15 is 0 Å². The van der Waals surface area contributed by atoms with Gasteiger partial charge in [-0.25, -0.2) is 14.8 Å². The van der Waals surface area contributed by atoms with Crippen LogP contribution < -0.4 is 20.1 Å². The van der Waals surface area contributed by atoms with Gasteiger partial charge in [-0.2, -0.15) is 0 Å². The van der Waals surface area contributed by atoms with Crippen molar-refractivity contribution < 1.29 is 14.3 Å². The summed E-state index contributed by atoms with van der Waals surface area (Å²) in [4.78, 5) is 22.7. The van der Waals surface area contributed by atoms with Crippen molar-refractivity contribution in [3.05, 3.63) is 78.6 Å². The number of methoxy groups -OCH3 is 1. The molecular weight excluding hydrogens is 478 g/mol. The molecule has 38 heavy (non-hydrogen) atoms. The number of fused-ring (bicyclic) bond motifs is 1. The SMILES string of the molecule is CNC(=O)N1CCC[C@@H](C#Cc2ccc3ncnc(Nc4ccc(Oc5ccccc5)c(OC)c4)c3c2)C1. The molecule has 0 bridgehead atoms. The van der Waals surface area contributed by atoms with E-state index in [1.54, 1.807) is 14.2 Å². The molecule has 1 aliphatic rings. The number of carbonyl (C=O) groups is 1. The van der Waals surface area contributed by atoms with E-state index < -0.39 is 0 Å². The summed E-state index contributed by atoms with van der Waals surface area (Å²) in [6, 6.07) is 21.1. The summed E-state index contributed by atoms with van der Waals surface area (Å²) in [5, 5.41) is 6.94. The molecule has 2 amide bonds. The topological polar surface area (TPSA) is 88.6 Å².